The van der Waals surface area contributed by atoms with Crippen LogP contribution < -0.4 is 14.8 Å². The van der Waals surface area contributed by atoms with E-state index < -0.39 is 12.5 Å². The van der Waals surface area contributed by atoms with Crippen LogP contribution >= 0.6 is 11.6 Å². The van der Waals surface area contributed by atoms with Crippen molar-refractivity contribution in [1.82, 2.24) is 0 Å². The summed E-state index contributed by atoms with van der Waals surface area (Å²) in [6.45, 7) is -3.00. The van der Waals surface area contributed by atoms with E-state index in [0.29, 0.717) is 5.75 Å². The number of phenolic OH excluding ortho intramolecular Hbond substituents is 1. The lowest BCUT2D eigenvalue weighted by molar-refractivity contribution is -0.0497. The Morgan fingerprint density at radius 1 is 1.26 bits per heavy atom. The standard InChI is InChI=1S/C15H12ClF2NO4/c1-22-9-3-4-10(12(20)7-9)14(21)19-8-2-5-13(11(16)6-8)23-15(17)18/h2-7,15,20H,1H3,(H,19,21). The highest BCUT2D eigenvalue weighted by molar-refractivity contribution is 6.32. The van der Waals surface area contributed by atoms with Gasteiger partial charge in [-0.25, -0.2) is 0 Å². The molecule has 0 spiro atoms. The highest BCUT2D eigenvalue weighted by Crippen LogP contribution is 2.30. The lowest BCUT2D eigenvalue weighted by atomic mass is 10.1. The van der Waals surface area contributed by atoms with Crippen molar-refractivity contribution < 1.29 is 28.2 Å². The molecule has 5 nitrogen and oxygen atoms in total. The van der Waals surface area contributed by atoms with Crippen LogP contribution in [0.15, 0.2) is 36.4 Å². The normalized spacial score (nSPS) is 10.5. The van der Waals surface area contributed by atoms with Gasteiger partial charge in [0.2, 0.25) is 0 Å². The van der Waals surface area contributed by atoms with Crippen LogP contribution in [-0.2, 0) is 0 Å². The first-order chi connectivity index (χ1) is 10.9. The minimum atomic E-state index is -3.00. The molecule has 0 aliphatic carbocycles. The van der Waals surface area contributed by atoms with E-state index in [4.69, 9.17) is 16.3 Å². The molecule has 0 aromatic heterocycles. The van der Waals surface area contributed by atoms with Gasteiger partial charge in [-0.05, 0) is 30.3 Å². The van der Waals surface area contributed by atoms with E-state index in [1.165, 1.54) is 43.5 Å². The molecule has 23 heavy (non-hydrogen) atoms. The number of anilines is 1. The largest absolute Gasteiger partial charge is 0.507 e. The molecule has 0 unspecified atom stereocenters. The zero-order valence-corrected chi connectivity index (χ0v) is 12.6. The Morgan fingerprint density at radius 3 is 2.57 bits per heavy atom. The second kappa shape index (κ2) is 7.15. The van der Waals surface area contributed by atoms with Crippen LogP contribution in [0.3, 0.4) is 0 Å². The van der Waals surface area contributed by atoms with Crippen LogP contribution in [0.5, 0.6) is 17.2 Å². The van der Waals surface area contributed by atoms with Crippen LogP contribution in [0.1, 0.15) is 10.4 Å². The zero-order chi connectivity index (χ0) is 17.0. The van der Waals surface area contributed by atoms with Gasteiger partial charge in [-0.2, -0.15) is 8.78 Å². The number of nitrogens with one attached hydrogen (secondary N) is 1. The van der Waals surface area contributed by atoms with Gasteiger partial charge in [0.15, 0.2) is 0 Å². The molecule has 0 saturated carbocycles. The van der Waals surface area contributed by atoms with E-state index in [0.717, 1.165) is 0 Å². The van der Waals surface area contributed by atoms with Crippen molar-refractivity contribution in [3.05, 3.63) is 47.0 Å². The smallest absolute Gasteiger partial charge is 0.387 e. The van der Waals surface area contributed by atoms with Gasteiger partial charge in [0, 0.05) is 11.8 Å². The Bertz CT molecular complexity index is 725. The third kappa shape index (κ3) is 4.23. The summed E-state index contributed by atoms with van der Waals surface area (Å²) in [6.07, 6.45) is 0. The molecular formula is C15H12ClF2NO4. The van der Waals surface area contributed by atoms with E-state index in [1.807, 2.05) is 0 Å². The predicted octanol–water partition coefficient (Wildman–Crippen LogP) is 3.91. The van der Waals surface area contributed by atoms with Crippen molar-refractivity contribution in [2.75, 3.05) is 12.4 Å². The van der Waals surface area contributed by atoms with Gasteiger partial charge in [0.25, 0.3) is 5.91 Å². The first kappa shape index (κ1) is 16.8. The molecule has 2 rings (SSSR count). The summed E-state index contributed by atoms with van der Waals surface area (Å²) in [5.74, 6) is -0.656. The molecule has 0 atom stereocenters. The van der Waals surface area contributed by atoms with Gasteiger partial charge in [0.05, 0.1) is 17.7 Å². The number of rotatable bonds is 5. The molecule has 0 radical (unpaired) electrons. The number of carbonyl (C=O) groups excluding carboxylic acids is 1. The Labute approximate surface area is 135 Å². The van der Waals surface area contributed by atoms with Crippen LogP contribution in [0.2, 0.25) is 5.02 Å². The summed E-state index contributed by atoms with van der Waals surface area (Å²) < 4.78 is 33.4. The number of phenols is 1. The summed E-state index contributed by atoms with van der Waals surface area (Å²) in [7, 11) is 1.43. The van der Waals surface area contributed by atoms with E-state index in [2.05, 4.69) is 10.1 Å². The van der Waals surface area contributed by atoms with Crippen molar-refractivity contribution in [2.24, 2.45) is 0 Å². The monoisotopic (exact) mass is 343 g/mol. The zero-order valence-electron chi connectivity index (χ0n) is 11.8. The van der Waals surface area contributed by atoms with Crippen molar-refractivity contribution in [2.45, 2.75) is 6.61 Å². The second-order valence-electron chi connectivity index (χ2n) is 4.36. The number of aromatic hydroxyl groups is 1. The van der Waals surface area contributed by atoms with Crippen molar-refractivity contribution in [3.8, 4) is 17.2 Å². The SMILES string of the molecule is COc1ccc(C(=O)Nc2ccc(OC(F)F)c(Cl)c2)c(O)c1. The quantitative estimate of drug-likeness (QED) is 0.863. The van der Waals surface area contributed by atoms with Crippen LogP contribution in [-0.4, -0.2) is 24.7 Å². The molecule has 0 saturated heterocycles. The second-order valence-corrected chi connectivity index (χ2v) is 4.77. The molecule has 0 aliphatic heterocycles. The summed E-state index contributed by atoms with van der Waals surface area (Å²) in [4.78, 5) is 12.1. The maximum absolute atomic E-state index is 12.2. The first-order valence-corrected chi connectivity index (χ1v) is 6.71. The predicted molar refractivity (Wildman–Crippen MR) is 80.7 cm³/mol. The Kier molecular flexibility index (Phi) is 5.23. The Balaban J connectivity index is 2.15. The average Bonchev–Trinajstić information content (AvgIpc) is 2.49. The van der Waals surface area contributed by atoms with E-state index in [9.17, 15) is 18.7 Å². The lowest BCUT2D eigenvalue weighted by Crippen LogP contribution is -2.12. The lowest BCUT2D eigenvalue weighted by Gasteiger charge is -2.10. The van der Waals surface area contributed by atoms with E-state index >= 15 is 0 Å². The number of benzene rings is 2. The van der Waals surface area contributed by atoms with Crippen molar-refractivity contribution >= 4 is 23.2 Å². The van der Waals surface area contributed by atoms with Gasteiger partial charge in [0.1, 0.15) is 17.2 Å². The highest BCUT2D eigenvalue weighted by Gasteiger charge is 2.14. The first-order valence-electron chi connectivity index (χ1n) is 6.33. The summed E-state index contributed by atoms with van der Waals surface area (Å²) in [6, 6.07) is 8.01. The molecule has 1 amide bonds. The fraction of sp³-hybridized carbons (Fsp3) is 0.133. The highest BCUT2D eigenvalue weighted by atomic mass is 35.5. The van der Waals surface area contributed by atoms with Crippen molar-refractivity contribution in [1.29, 1.82) is 0 Å². The number of amides is 1. The maximum Gasteiger partial charge on any atom is 0.387 e. The Morgan fingerprint density at radius 2 is 2.00 bits per heavy atom. The fourth-order valence-corrected chi connectivity index (χ4v) is 2.02. The van der Waals surface area contributed by atoms with Gasteiger partial charge >= 0.3 is 6.61 Å². The summed E-state index contributed by atoms with van der Waals surface area (Å²) >= 11 is 5.80. The number of hydrogen-bond acceptors (Lipinski definition) is 4. The van der Waals surface area contributed by atoms with E-state index in [1.54, 1.807) is 0 Å². The molecule has 8 heteroatoms. The topological polar surface area (TPSA) is 67.8 Å². The molecule has 0 bridgehead atoms. The molecule has 0 aliphatic rings. The van der Waals surface area contributed by atoms with Gasteiger partial charge in [-0.3, -0.25) is 4.79 Å². The summed E-state index contributed by atoms with van der Waals surface area (Å²) in [5, 5.41) is 12.2. The summed E-state index contributed by atoms with van der Waals surface area (Å²) in [5.41, 5.74) is 0.284. The number of carbonyl (C=O) groups is 1. The van der Waals surface area contributed by atoms with Crippen LogP contribution in [0, 0.1) is 0 Å². The molecule has 0 heterocycles. The molecule has 2 N–H and O–H groups in total. The molecule has 2 aromatic rings. The number of halogens is 3. The Hall–Kier alpha value is -2.54. The van der Waals surface area contributed by atoms with Gasteiger partial charge < -0.3 is 19.9 Å². The number of ether oxygens (including phenoxy) is 2. The molecule has 0 fully saturated rings. The molecular weight excluding hydrogens is 332 g/mol. The minimum absolute atomic E-state index is 0.0230. The maximum atomic E-state index is 12.2. The third-order valence-electron chi connectivity index (χ3n) is 2.86. The number of alkyl halides is 2. The average molecular weight is 344 g/mol. The third-order valence-corrected chi connectivity index (χ3v) is 3.15. The molecule has 2 aromatic carbocycles. The van der Waals surface area contributed by atoms with Crippen LogP contribution in [0.4, 0.5) is 14.5 Å². The number of methoxy groups -OCH3 is 1. The number of hydrogen-bond donors (Lipinski definition) is 2. The van der Waals surface area contributed by atoms with E-state index in [-0.39, 0.29) is 27.8 Å². The minimum Gasteiger partial charge on any atom is -0.507 e. The fourth-order valence-electron chi connectivity index (χ4n) is 1.80. The van der Waals surface area contributed by atoms with Gasteiger partial charge in [-0.1, -0.05) is 11.6 Å². The van der Waals surface area contributed by atoms with Crippen molar-refractivity contribution in [3.63, 3.8) is 0 Å². The molecule has 122 valence electrons. The van der Waals surface area contributed by atoms with Crippen LogP contribution in [0.25, 0.3) is 0 Å². The van der Waals surface area contributed by atoms with Gasteiger partial charge in [-0.15, -0.1) is 0 Å².